The lowest BCUT2D eigenvalue weighted by Gasteiger charge is -2.33. The van der Waals surface area contributed by atoms with E-state index >= 15 is 0 Å². The van der Waals surface area contributed by atoms with Crippen LogP contribution >= 0.6 is 22.7 Å². The number of nitrogens with zero attached hydrogens (tertiary/aromatic N) is 5. The van der Waals surface area contributed by atoms with Gasteiger partial charge < -0.3 is 0 Å². The molecule has 5 rings (SSSR count). The third kappa shape index (κ3) is 4.58. The fourth-order valence-corrected chi connectivity index (χ4v) is 7.70. The van der Waals surface area contributed by atoms with Gasteiger partial charge in [0.05, 0.1) is 22.7 Å². The van der Waals surface area contributed by atoms with Gasteiger partial charge in [-0.3, -0.25) is 14.4 Å². The zero-order chi connectivity index (χ0) is 22.8. The van der Waals surface area contributed by atoms with Gasteiger partial charge in [0, 0.05) is 32.0 Å². The summed E-state index contributed by atoms with van der Waals surface area (Å²) in [4.78, 5) is 20.1. The van der Waals surface area contributed by atoms with Crippen LogP contribution in [0, 0.1) is 5.92 Å². The first-order valence-electron chi connectivity index (χ1n) is 10.7. The summed E-state index contributed by atoms with van der Waals surface area (Å²) < 4.78 is 30.6. The maximum atomic E-state index is 13.7. The summed E-state index contributed by atoms with van der Waals surface area (Å²) >= 11 is 2.68. The molecule has 0 bridgehead atoms. The summed E-state index contributed by atoms with van der Waals surface area (Å²) in [5.74, 6) is -0.509. The molecule has 11 heteroatoms. The van der Waals surface area contributed by atoms with E-state index < -0.39 is 15.9 Å². The van der Waals surface area contributed by atoms with Gasteiger partial charge in [0.25, 0.3) is 10.0 Å². The Balaban J connectivity index is 1.41. The minimum absolute atomic E-state index is 0.0905. The van der Waals surface area contributed by atoms with Crippen molar-refractivity contribution in [3.8, 4) is 0 Å². The second-order valence-corrected chi connectivity index (χ2v) is 12.0. The molecule has 3 aromatic heterocycles. The van der Waals surface area contributed by atoms with E-state index in [0.29, 0.717) is 41.8 Å². The number of hydrogen-bond acceptors (Lipinski definition) is 7. The minimum atomic E-state index is -3.59. The van der Waals surface area contributed by atoms with Crippen molar-refractivity contribution in [3.05, 3.63) is 60.2 Å². The van der Waals surface area contributed by atoms with Crippen molar-refractivity contribution < 1.29 is 13.2 Å². The smallest absolute Gasteiger partial charge is 0.252 e. The first-order chi connectivity index (χ1) is 16.0. The normalized spacial score (nSPS) is 17.4. The van der Waals surface area contributed by atoms with E-state index in [2.05, 4.69) is 5.10 Å². The molecule has 1 atom stereocenters. The van der Waals surface area contributed by atoms with Gasteiger partial charge in [0.2, 0.25) is 5.91 Å². The number of thiazole rings is 1. The standard InChI is InChI=1S/C22H23N5O3S3/c28-21(17-6-3-12-26(16-17)33(29,30)20-9-4-15-31-20)27(14-13-25-11-5-10-23-25)22-24-18-7-1-2-8-19(18)32-22/h1-2,4-5,7-11,15,17H,3,6,12-14,16H2. The van der Waals surface area contributed by atoms with E-state index in [4.69, 9.17) is 4.98 Å². The molecule has 1 fully saturated rings. The summed E-state index contributed by atoms with van der Waals surface area (Å²) in [6.07, 6.45) is 4.86. The topological polar surface area (TPSA) is 88.4 Å². The van der Waals surface area contributed by atoms with Crippen molar-refractivity contribution in [3.63, 3.8) is 0 Å². The highest BCUT2D eigenvalue weighted by Crippen LogP contribution is 2.32. The Hall–Kier alpha value is -2.60. The average molecular weight is 502 g/mol. The molecule has 33 heavy (non-hydrogen) atoms. The van der Waals surface area contributed by atoms with Crippen LogP contribution < -0.4 is 4.90 Å². The molecule has 1 aliphatic rings. The molecule has 4 heterocycles. The van der Waals surface area contributed by atoms with Crippen LogP contribution in [0.1, 0.15) is 12.8 Å². The highest BCUT2D eigenvalue weighted by Gasteiger charge is 2.36. The van der Waals surface area contributed by atoms with E-state index in [1.165, 1.54) is 27.0 Å². The first-order valence-corrected chi connectivity index (χ1v) is 13.8. The maximum Gasteiger partial charge on any atom is 0.252 e. The van der Waals surface area contributed by atoms with E-state index in [9.17, 15) is 13.2 Å². The number of piperidine rings is 1. The van der Waals surface area contributed by atoms with Crippen LogP contribution in [0.2, 0.25) is 0 Å². The van der Waals surface area contributed by atoms with Crippen molar-refractivity contribution in [2.45, 2.75) is 23.6 Å². The number of benzene rings is 1. The molecular formula is C22H23N5O3S3. The monoisotopic (exact) mass is 501 g/mol. The summed E-state index contributed by atoms with van der Waals surface area (Å²) in [6, 6.07) is 13.0. The Kier molecular flexibility index (Phi) is 6.28. The fourth-order valence-electron chi connectivity index (χ4n) is 4.03. The third-order valence-corrected chi connectivity index (χ3v) is 10.0. The lowest BCUT2D eigenvalue weighted by Crippen LogP contribution is -2.47. The number of para-hydroxylation sites is 1. The van der Waals surface area contributed by atoms with Crippen LogP contribution in [0.4, 0.5) is 5.13 Å². The molecule has 1 amide bonds. The molecule has 0 radical (unpaired) electrons. The number of carbonyl (C=O) groups excluding carboxylic acids is 1. The Morgan fingerprint density at radius 2 is 2.06 bits per heavy atom. The van der Waals surface area contributed by atoms with Crippen molar-refractivity contribution in [1.82, 2.24) is 19.1 Å². The van der Waals surface area contributed by atoms with Gasteiger partial charge in [-0.25, -0.2) is 13.4 Å². The largest absolute Gasteiger partial charge is 0.286 e. The van der Waals surface area contributed by atoms with Crippen molar-refractivity contribution >= 4 is 54.0 Å². The number of fused-ring (bicyclic) bond motifs is 1. The third-order valence-electron chi connectivity index (χ3n) is 5.71. The van der Waals surface area contributed by atoms with Gasteiger partial charge in [0.1, 0.15) is 4.21 Å². The molecule has 1 unspecified atom stereocenters. The van der Waals surface area contributed by atoms with E-state index in [1.807, 2.05) is 36.5 Å². The molecule has 4 aromatic rings. The molecule has 0 saturated carbocycles. The molecule has 0 spiro atoms. The summed E-state index contributed by atoms with van der Waals surface area (Å²) in [7, 11) is -3.59. The lowest BCUT2D eigenvalue weighted by molar-refractivity contribution is -0.123. The zero-order valence-electron chi connectivity index (χ0n) is 17.8. The van der Waals surface area contributed by atoms with Crippen LogP contribution in [0.5, 0.6) is 0 Å². The molecule has 1 aliphatic heterocycles. The zero-order valence-corrected chi connectivity index (χ0v) is 20.2. The van der Waals surface area contributed by atoms with Gasteiger partial charge in [-0.2, -0.15) is 9.40 Å². The van der Waals surface area contributed by atoms with Gasteiger partial charge in [-0.15, -0.1) is 11.3 Å². The Bertz CT molecular complexity index is 1300. The van der Waals surface area contributed by atoms with Crippen LogP contribution in [-0.4, -0.2) is 53.0 Å². The highest BCUT2D eigenvalue weighted by atomic mass is 32.2. The Morgan fingerprint density at radius 1 is 1.18 bits per heavy atom. The molecule has 1 aromatic carbocycles. The second kappa shape index (κ2) is 9.34. The number of sulfonamides is 1. The quantitative estimate of drug-likeness (QED) is 0.385. The lowest BCUT2D eigenvalue weighted by atomic mass is 9.98. The van der Waals surface area contributed by atoms with E-state index in [-0.39, 0.29) is 12.5 Å². The summed E-state index contributed by atoms with van der Waals surface area (Å²) in [5.41, 5.74) is 0.847. The average Bonchev–Trinajstić information content (AvgIpc) is 3.61. The molecule has 8 nitrogen and oxygen atoms in total. The van der Waals surface area contributed by atoms with Gasteiger partial charge in [-0.05, 0) is 42.5 Å². The molecule has 0 N–H and O–H groups in total. The predicted molar refractivity (Wildman–Crippen MR) is 130 cm³/mol. The second-order valence-electron chi connectivity index (χ2n) is 7.86. The maximum absolute atomic E-state index is 13.7. The molecule has 1 saturated heterocycles. The summed E-state index contributed by atoms with van der Waals surface area (Å²) in [6.45, 7) is 1.55. The van der Waals surface area contributed by atoms with Crippen LogP contribution in [0.15, 0.2) is 64.4 Å². The first kappa shape index (κ1) is 22.2. The highest BCUT2D eigenvalue weighted by molar-refractivity contribution is 7.91. The molecular weight excluding hydrogens is 478 g/mol. The van der Waals surface area contributed by atoms with Crippen molar-refractivity contribution in [2.75, 3.05) is 24.5 Å². The van der Waals surface area contributed by atoms with Gasteiger partial charge >= 0.3 is 0 Å². The number of carbonyl (C=O) groups is 1. The SMILES string of the molecule is O=C(C1CCCN(S(=O)(=O)c2cccs2)C1)N(CCn1cccn1)c1nc2ccccc2s1. The fraction of sp³-hybridized carbons (Fsp3) is 0.318. The van der Waals surface area contributed by atoms with Crippen molar-refractivity contribution in [1.29, 1.82) is 0 Å². The van der Waals surface area contributed by atoms with E-state index in [0.717, 1.165) is 10.2 Å². The molecule has 172 valence electrons. The number of anilines is 1. The van der Waals surface area contributed by atoms with Crippen LogP contribution in [0.3, 0.4) is 0 Å². The van der Waals surface area contributed by atoms with Gasteiger partial charge in [0.15, 0.2) is 5.13 Å². The number of aromatic nitrogens is 3. The predicted octanol–water partition coefficient (Wildman–Crippen LogP) is 3.69. The van der Waals surface area contributed by atoms with Crippen LogP contribution in [-0.2, 0) is 21.4 Å². The van der Waals surface area contributed by atoms with Gasteiger partial charge in [-0.1, -0.05) is 29.5 Å². The number of thiophene rings is 1. The molecule has 0 aliphatic carbocycles. The Labute approximate surface area is 200 Å². The van der Waals surface area contributed by atoms with Crippen LogP contribution in [0.25, 0.3) is 10.2 Å². The van der Waals surface area contributed by atoms with E-state index in [1.54, 1.807) is 33.3 Å². The summed E-state index contributed by atoms with van der Waals surface area (Å²) in [5, 5.41) is 6.63. The number of amides is 1. The minimum Gasteiger partial charge on any atom is -0.286 e. The van der Waals surface area contributed by atoms with Crippen molar-refractivity contribution in [2.24, 2.45) is 5.92 Å². The Morgan fingerprint density at radius 3 is 2.82 bits per heavy atom. The number of rotatable bonds is 7. The number of hydrogen-bond donors (Lipinski definition) is 0.